The number of benzene rings is 2. The van der Waals surface area contributed by atoms with Crippen LogP contribution < -0.4 is 10.0 Å². The third kappa shape index (κ3) is 4.88. The SMILES string of the molecule is CNS(=O)(=O)c1ccc(/C=C/C(=O)Nc2ccc(-c3nccs3)cc2)cc1. The largest absolute Gasteiger partial charge is 0.323 e. The predicted molar refractivity (Wildman–Crippen MR) is 108 cm³/mol. The van der Waals surface area contributed by atoms with E-state index in [1.807, 2.05) is 29.6 Å². The first-order valence-corrected chi connectivity index (χ1v) is 10.4. The van der Waals surface area contributed by atoms with E-state index in [2.05, 4.69) is 15.0 Å². The molecular weight excluding hydrogens is 382 g/mol. The van der Waals surface area contributed by atoms with Gasteiger partial charge in [-0.15, -0.1) is 11.3 Å². The lowest BCUT2D eigenvalue weighted by Gasteiger charge is -2.04. The summed E-state index contributed by atoms with van der Waals surface area (Å²) in [5.74, 6) is -0.274. The van der Waals surface area contributed by atoms with Gasteiger partial charge in [0, 0.05) is 28.9 Å². The van der Waals surface area contributed by atoms with Crippen LogP contribution in [0.25, 0.3) is 16.6 Å². The van der Waals surface area contributed by atoms with Crippen LogP contribution in [-0.4, -0.2) is 26.4 Å². The zero-order valence-electron chi connectivity index (χ0n) is 14.4. The minimum absolute atomic E-state index is 0.173. The van der Waals surface area contributed by atoms with Crippen molar-refractivity contribution in [3.63, 3.8) is 0 Å². The Labute approximate surface area is 161 Å². The fraction of sp³-hybridized carbons (Fsp3) is 0.0526. The molecule has 0 atom stereocenters. The van der Waals surface area contributed by atoms with Crippen molar-refractivity contribution < 1.29 is 13.2 Å². The Balaban J connectivity index is 1.62. The molecule has 1 aromatic heterocycles. The first-order valence-electron chi connectivity index (χ1n) is 8.00. The van der Waals surface area contributed by atoms with Gasteiger partial charge in [-0.3, -0.25) is 4.79 Å². The molecule has 2 N–H and O–H groups in total. The van der Waals surface area contributed by atoms with Gasteiger partial charge in [0.25, 0.3) is 0 Å². The third-order valence-corrected chi connectivity index (χ3v) is 5.97. The van der Waals surface area contributed by atoms with Crippen LogP contribution in [0.3, 0.4) is 0 Å². The molecule has 0 fully saturated rings. The summed E-state index contributed by atoms with van der Waals surface area (Å²) in [5, 5.41) is 5.62. The molecule has 0 radical (unpaired) electrons. The van der Waals surface area contributed by atoms with Crippen LogP contribution >= 0.6 is 11.3 Å². The Hall–Kier alpha value is -2.81. The van der Waals surface area contributed by atoms with Crippen molar-refractivity contribution in [2.24, 2.45) is 0 Å². The standard InChI is InChI=1S/C19H17N3O3S2/c1-20-27(24,25)17-9-2-14(3-10-17)4-11-18(23)22-16-7-5-15(6-8-16)19-21-12-13-26-19/h2-13,20H,1H3,(H,22,23)/b11-4+. The number of aromatic nitrogens is 1. The van der Waals surface area contributed by atoms with E-state index >= 15 is 0 Å². The molecule has 0 bridgehead atoms. The van der Waals surface area contributed by atoms with E-state index in [-0.39, 0.29) is 10.8 Å². The van der Waals surface area contributed by atoms with Gasteiger partial charge in [-0.2, -0.15) is 0 Å². The normalized spacial score (nSPS) is 11.6. The van der Waals surface area contributed by atoms with Crippen molar-refractivity contribution in [2.75, 3.05) is 12.4 Å². The Morgan fingerprint density at radius 3 is 2.37 bits per heavy atom. The number of nitrogens with zero attached hydrogens (tertiary/aromatic N) is 1. The van der Waals surface area contributed by atoms with E-state index in [4.69, 9.17) is 0 Å². The Morgan fingerprint density at radius 1 is 1.07 bits per heavy atom. The lowest BCUT2D eigenvalue weighted by atomic mass is 10.2. The van der Waals surface area contributed by atoms with Crippen molar-refractivity contribution in [3.05, 3.63) is 71.7 Å². The van der Waals surface area contributed by atoms with Crippen molar-refractivity contribution in [1.29, 1.82) is 0 Å². The molecule has 0 aliphatic rings. The minimum Gasteiger partial charge on any atom is -0.323 e. The number of hydrogen-bond donors (Lipinski definition) is 2. The van der Waals surface area contributed by atoms with E-state index in [0.29, 0.717) is 5.69 Å². The van der Waals surface area contributed by atoms with Gasteiger partial charge >= 0.3 is 0 Å². The summed E-state index contributed by atoms with van der Waals surface area (Å²) in [7, 11) is -2.11. The number of carbonyl (C=O) groups excluding carboxylic acids is 1. The summed E-state index contributed by atoms with van der Waals surface area (Å²) in [4.78, 5) is 16.5. The molecular formula is C19H17N3O3S2. The second-order valence-electron chi connectivity index (χ2n) is 5.51. The van der Waals surface area contributed by atoms with E-state index in [1.54, 1.807) is 35.7 Å². The van der Waals surface area contributed by atoms with Crippen molar-refractivity contribution in [2.45, 2.75) is 4.90 Å². The predicted octanol–water partition coefficient (Wildman–Crippen LogP) is 3.37. The average molecular weight is 399 g/mol. The molecule has 1 heterocycles. The molecule has 6 nitrogen and oxygen atoms in total. The number of carbonyl (C=O) groups is 1. The number of hydrogen-bond acceptors (Lipinski definition) is 5. The summed E-state index contributed by atoms with van der Waals surface area (Å²) < 4.78 is 25.6. The lowest BCUT2D eigenvalue weighted by molar-refractivity contribution is -0.111. The summed E-state index contributed by atoms with van der Waals surface area (Å²) in [5.41, 5.74) is 2.40. The summed E-state index contributed by atoms with van der Waals surface area (Å²) in [6.07, 6.45) is 4.77. The molecule has 0 saturated heterocycles. The first kappa shape index (κ1) is 19.0. The monoisotopic (exact) mass is 399 g/mol. The molecule has 138 valence electrons. The number of thiazole rings is 1. The molecule has 3 rings (SSSR count). The molecule has 0 aliphatic heterocycles. The summed E-state index contributed by atoms with van der Waals surface area (Å²) in [6, 6.07) is 13.7. The van der Waals surface area contributed by atoms with Crippen LogP contribution in [0.4, 0.5) is 5.69 Å². The molecule has 0 aliphatic carbocycles. The quantitative estimate of drug-likeness (QED) is 0.622. The maximum absolute atomic E-state index is 12.1. The molecule has 0 saturated carbocycles. The smallest absolute Gasteiger partial charge is 0.248 e. The van der Waals surface area contributed by atoms with E-state index in [1.165, 1.54) is 25.3 Å². The van der Waals surface area contributed by atoms with Crippen LogP contribution in [0.5, 0.6) is 0 Å². The van der Waals surface area contributed by atoms with Crippen LogP contribution in [-0.2, 0) is 14.8 Å². The molecule has 2 aromatic carbocycles. The second kappa shape index (κ2) is 8.26. The molecule has 3 aromatic rings. The average Bonchev–Trinajstić information content (AvgIpc) is 3.22. The van der Waals surface area contributed by atoms with Crippen molar-refractivity contribution in [3.8, 4) is 10.6 Å². The van der Waals surface area contributed by atoms with Gasteiger partial charge < -0.3 is 5.32 Å². The van der Waals surface area contributed by atoms with E-state index in [9.17, 15) is 13.2 Å². The highest BCUT2D eigenvalue weighted by Crippen LogP contribution is 2.23. The van der Waals surface area contributed by atoms with Gasteiger partial charge in [0.15, 0.2) is 0 Å². The fourth-order valence-electron chi connectivity index (χ4n) is 2.29. The van der Waals surface area contributed by atoms with Gasteiger partial charge in [-0.25, -0.2) is 18.1 Å². The van der Waals surface area contributed by atoms with Gasteiger partial charge in [-0.1, -0.05) is 12.1 Å². The Morgan fingerprint density at radius 2 is 1.78 bits per heavy atom. The number of rotatable bonds is 6. The number of amides is 1. The van der Waals surface area contributed by atoms with E-state index < -0.39 is 10.0 Å². The minimum atomic E-state index is -3.46. The van der Waals surface area contributed by atoms with Gasteiger partial charge in [0.1, 0.15) is 5.01 Å². The topological polar surface area (TPSA) is 88.2 Å². The lowest BCUT2D eigenvalue weighted by Crippen LogP contribution is -2.18. The maximum Gasteiger partial charge on any atom is 0.248 e. The van der Waals surface area contributed by atoms with Gasteiger partial charge in [0.2, 0.25) is 15.9 Å². The highest BCUT2D eigenvalue weighted by Gasteiger charge is 2.09. The summed E-state index contributed by atoms with van der Waals surface area (Å²) in [6.45, 7) is 0. The second-order valence-corrected chi connectivity index (χ2v) is 8.29. The van der Waals surface area contributed by atoms with Crippen LogP contribution in [0.1, 0.15) is 5.56 Å². The number of anilines is 1. The molecule has 8 heteroatoms. The number of sulfonamides is 1. The fourth-order valence-corrected chi connectivity index (χ4v) is 3.67. The maximum atomic E-state index is 12.1. The first-order chi connectivity index (χ1) is 13.0. The Kier molecular flexibility index (Phi) is 5.80. The molecule has 0 spiro atoms. The third-order valence-electron chi connectivity index (χ3n) is 3.72. The van der Waals surface area contributed by atoms with Crippen molar-refractivity contribution >= 4 is 39.0 Å². The molecule has 0 unspecified atom stereocenters. The van der Waals surface area contributed by atoms with Crippen LogP contribution in [0.15, 0.2) is 71.1 Å². The molecule has 1 amide bonds. The van der Waals surface area contributed by atoms with Gasteiger partial charge in [0.05, 0.1) is 4.90 Å². The van der Waals surface area contributed by atoms with Crippen LogP contribution in [0.2, 0.25) is 0 Å². The number of nitrogens with one attached hydrogen (secondary N) is 2. The zero-order chi connectivity index (χ0) is 19.3. The Bertz CT molecular complexity index is 1040. The van der Waals surface area contributed by atoms with Crippen LogP contribution in [0, 0.1) is 0 Å². The summed E-state index contributed by atoms with van der Waals surface area (Å²) >= 11 is 1.55. The van der Waals surface area contributed by atoms with E-state index in [0.717, 1.165) is 16.1 Å². The van der Waals surface area contributed by atoms with Crippen molar-refractivity contribution in [1.82, 2.24) is 9.71 Å². The molecule has 27 heavy (non-hydrogen) atoms. The highest BCUT2D eigenvalue weighted by molar-refractivity contribution is 7.89. The zero-order valence-corrected chi connectivity index (χ0v) is 16.0. The van der Waals surface area contributed by atoms with Gasteiger partial charge in [-0.05, 0) is 55.1 Å². The highest BCUT2D eigenvalue weighted by atomic mass is 32.2.